The van der Waals surface area contributed by atoms with Crippen molar-refractivity contribution < 1.29 is 19.2 Å². The van der Waals surface area contributed by atoms with Crippen LogP contribution in [0.1, 0.15) is 149 Å². The van der Waals surface area contributed by atoms with Crippen LogP contribution >= 0.6 is 22.7 Å². The molecule has 6 nitrogen and oxygen atoms in total. The van der Waals surface area contributed by atoms with E-state index in [0.717, 1.165) is 48.3 Å². The summed E-state index contributed by atoms with van der Waals surface area (Å²) in [5.74, 6) is 0.246. The zero-order valence-corrected chi connectivity index (χ0v) is 26.6. The number of imide groups is 2. The van der Waals surface area contributed by atoms with E-state index in [-0.39, 0.29) is 23.6 Å². The molecule has 0 N–H and O–H groups in total. The van der Waals surface area contributed by atoms with Gasteiger partial charge in [0.25, 0.3) is 0 Å². The summed E-state index contributed by atoms with van der Waals surface area (Å²) in [6, 6.07) is -0.474. The third-order valence-corrected chi connectivity index (χ3v) is 10.7. The molecule has 0 aromatic carbocycles. The van der Waals surface area contributed by atoms with Crippen molar-refractivity contribution in [1.29, 1.82) is 0 Å². The SMILES string of the molecule is [B]=CC(CCCCCCCC)N1C(=O)c2c(C)sc(-c3sc(C)c4c3C(=O)N(CCCCCCCC)C4=O)c2C1=O. The molecule has 41 heavy (non-hydrogen) atoms. The Morgan fingerprint density at radius 1 is 0.634 bits per heavy atom. The Morgan fingerprint density at radius 2 is 1.07 bits per heavy atom. The zero-order chi connectivity index (χ0) is 29.7. The minimum atomic E-state index is -0.474. The molecule has 0 saturated carbocycles. The molecule has 4 amide bonds. The van der Waals surface area contributed by atoms with E-state index >= 15 is 0 Å². The Hall–Kier alpha value is -2.39. The quantitative estimate of drug-likeness (QED) is 0.107. The van der Waals surface area contributed by atoms with E-state index in [1.54, 1.807) is 0 Å². The van der Waals surface area contributed by atoms with Gasteiger partial charge < -0.3 is 0 Å². The fourth-order valence-corrected chi connectivity index (χ4v) is 8.45. The average Bonchev–Trinajstić information content (AvgIpc) is 3.63. The van der Waals surface area contributed by atoms with Crippen LogP contribution in [0.4, 0.5) is 0 Å². The topological polar surface area (TPSA) is 74.8 Å². The molecule has 2 aliphatic rings. The van der Waals surface area contributed by atoms with Crippen LogP contribution in [0.2, 0.25) is 0 Å². The molecule has 4 rings (SSSR count). The van der Waals surface area contributed by atoms with Crippen molar-refractivity contribution in [2.75, 3.05) is 6.54 Å². The second-order valence-electron chi connectivity index (χ2n) is 11.3. The number of rotatable bonds is 17. The van der Waals surface area contributed by atoms with Gasteiger partial charge in [-0.2, -0.15) is 0 Å². The van der Waals surface area contributed by atoms with Gasteiger partial charge in [0.15, 0.2) is 0 Å². The number of thiophene rings is 2. The summed E-state index contributed by atoms with van der Waals surface area (Å²) in [5.41, 5.74) is 1.60. The molecular weight excluding hydrogens is 551 g/mol. The number of unbranched alkanes of at least 4 members (excludes halogenated alkanes) is 10. The van der Waals surface area contributed by atoms with Gasteiger partial charge in [0.2, 0.25) is 0 Å². The summed E-state index contributed by atoms with van der Waals surface area (Å²) in [6.45, 7) is 8.46. The molecule has 0 spiro atoms. The first kappa shape index (κ1) is 31.5. The Kier molecular flexibility index (Phi) is 10.9. The van der Waals surface area contributed by atoms with Gasteiger partial charge in [-0.05, 0) is 0 Å². The van der Waals surface area contributed by atoms with Crippen molar-refractivity contribution in [3.8, 4) is 9.75 Å². The molecule has 1 radical (unpaired) electrons. The summed E-state index contributed by atoms with van der Waals surface area (Å²) >= 11 is 2.72. The predicted molar refractivity (Wildman–Crippen MR) is 170 cm³/mol. The summed E-state index contributed by atoms with van der Waals surface area (Å²) in [7, 11) is 5.98. The summed E-state index contributed by atoms with van der Waals surface area (Å²) in [4.78, 5) is 59.8. The van der Waals surface area contributed by atoms with Crippen LogP contribution in [0.5, 0.6) is 0 Å². The average molecular weight is 594 g/mol. The van der Waals surface area contributed by atoms with E-state index in [2.05, 4.69) is 13.8 Å². The molecule has 4 heterocycles. The number of hydrogen-bond acceptors (Lipinski definition) is 6. The van der Waals surface area contributed by atoms with E-state index in [4.69, 9.17) is 7.49 Å². The Morgan fingerprint density at radius 3 is 1.63 bits per heavy atom. The third-order valence-electron chi connectivity index (χ3n) is 8.30. The van der Waals surface area contributed by atoms with Crippen molar-refractivity contribution >= 4 is 59.8 Å². The first-order chi connectivity index (χ1) is 19.8. The van der Waals surface area contributed by atoms with Crippen LogP contribution in [0, 0.1) is 13.8 Å². The number of hydrogen-bond donors (Lipinski definition) is 0. The van der Waals surface area contributed by atoms with Gasteiger partial charge in [-0.3, -0.25) is 0 Å². The van der Waals surface area contributed by atoms with Crippen molar-refractivity contribution in [2.45, 2.75) is 117 Å². The summed E-state index contributed by atoms with van der Waals surface area (Å²) in [5, 5.41) is 0. The Balaban J connectivity index is 1.55. The van der Waals surface area contributed by atoms with Gasteiger partial charge in [-0.15, -0.1) is 0 Å². The van der Waals surface area contributed by atoms with Crippen LogP contribution < -0.4 is 0 Å². The van der Waals surface area contributed by atoms with E-state index in [1.165, 1.54) is 77.0 Å². The molecular formula is C32H42BN2O4S2. The Labute approximate surface area is 253 Å². The predicted octanol–water partition coefficient (Wildman–Crippen LogP) is 7.74. The van der Waals surface area contributed by atoms with Crippen molar-refractivity contribution in [3.63, 3.8) is 0 Å². The second-order valence-corrected chi connectivity index (χ2v) is 13.8. The number of amides is 4. The normalized spacial score (nSPS) is 15.3. The fraction of sp³-hybridized carbons (Fsp3) is 0.594. The minimum absolute atomic E-state index is 0.246. The molecule has 9 heteroatoms. The van der Waals surface area contributed by atoms with Gasteiger partial charge >= 0.3 is 215 Å². The second kappa shape index (κ2) is 14.2. The molecule has 2 aromatic heterocycles. The molecule has 2 aliphatic heterocycles. The molecule has 1 atom stereocenters. The van der Waals surface area contributed by atoms with Crippen molar-refractivity contribution in [1.82, 2.24) is 9.80 Å². The Bertz CT molecular complexity index is 1330. The van der Waals surface area contributed by atoms with Gasteiger partial charge in [-0.25, -0.2) is 0 Å². The van der Waals surface area contributed by atoms with Crippen LogP contribution in [-0.2, 0) is 0 Å². The van der Waals surface area contributed by atoms with Crippen molar-refractivity contribution in [3.05, 3.63) is 32.0 Å². The number of fused-ring (bicyclic) bond motifs is 2. The van der Waals surface area contributed by atoms with Gasteiger partial charge in [-0.1, -0.05) is 39.0 Å². The molecule has 2 aromatic rings. The third kappa shape index (κ3) is 6.22. The van der Waals surface area contributed by atoms with Crippen LogP contribution in [0.25, 0.3) is 9.75 Å². The van der Waals surface area contributed by atoms with Crippen LogP contribution in [0.3, 0.4) is 0 Å². The molecule has 219 valence electrons. The van der Waals surface area contributed by atoms with Gasteiger partial charge in [0, 0.05) is 0 Å². The number of carbonyl (C=O) groups excluding carboxylic acids is 4. The molecule has 0 bridgehead atoms. The fourth-order valence-electron chi connectivity index (χ4n) is 6.03. The molecule has 0 saturated heterocycles. The van der Waals surface area contributed by atoms with E-state index in [9.17, 15) is 19.2 Å². The van der Waals surface area contributed by atoms with Gasteiger partial charge in [0.1, 0.15) is 0 Å². The first-order valence-electron chi connectivity index (χ1n) is 15.3. The summed E-state index contributed by atoms with van der Waals surface area (Å²) < 4.78 is 0. The number of nitrogens with zero attached hydrogens (tertiary/aromatic N) is 2. The van der Waals surface area contributed by atoms with Crippen molar-refractivity contribution in [2.24, 2.45) is 0 Å². The van der Waals surface area contributed by atoms with E-state index in [0.29, 0.717) is 45.0 Å². The molecule has 0 fully saturated rings. The zero-order valence-electron chi connectivity index (χ0n) is 25.0. The first-order valence-corrected chi connectivity index (χ1v) is 17.0. The van der Waals surface area contributed by atoms with Crippen LogP contribution in [0.15, 0.2) is 0 Å². The monoisotopic (exact) mass is 593 g/mol. The molecule has 0 aliphatic carbocycles. The maximum atomic E-state index is 13.8. The summed E-state index contributed by atoms with van der Waals surface area (Å²) in [6.07, 6.45) is 13.7. The standard InChI is InChI=1S/C32H42BN2O4S2/c1-5-7-9-11-13-15-17-22(19-33)35-31(38)24-21(4)41-28(26(24)32(35)39)27-25-23(20(3)40-27)29(36)34(30(25)37)18-16-14-12-10-8-6-2/h19,22H,5-18H2,1-4H3. The van der Waals surface area contributed by atoms with E-state index in [1.807, 2.05) is 13.8 Å². The maximum absolute atomic E-state index is 13.8. The number of carbonyl (C=O) groups is 4. The van der Waals surface area contributed by atoms with Crippen LogP contribution in [-0.4, -0.2) is 59.5 Å². The number of aryl methyl sites for hydroxylation is 2. The molecule has 1 unspecified atom stereocenters. The van der Waals surface area contributed by atoms with E-state index < -0.39 is 6.04 Å². The van der Waals surface area contributed by atoms with Gasteiger partial charge in [0.05, 0.1) is 0 Å².